The number of carbonyl (C=O) groups excluding carboxylic acids is 1. The lowest BCUT2D eigenvalue weighted by atomic mass is 9.95. The van der Waals surface area contributed by atoms with E-state index in [0.29, 0.717) is 36.6 Å². The average Bonchev–Trinajstić information content (AvgIpc) is 2.67. The summed E-state index contributed by atoms with van der Waals surface area (Å²) in [4.78, 5) is 39.6. The van der Waals surface area contributed by atoms with E-state index in [-0.39, 0.29) is 28.2 Å². The van der Waals surface area contributed by atoms with Crippen LogP contribution in [0.2, 0.25) is 0 Å². The van der Waals surface area contributed by atoms with E-state index in [1.807, 2.05) is 13.8 Å². The van der Waals surface area contributed by atoms with Crippen LogP contribution in [-0.2, 0) is 4.74 Å². The number of hydrogen-bond acceptors (Lipinski definition) is 7. The van der Waals surface area contributed by atoms with E-state index >= 15 is 0 Å². The van der Waals surface area contributed by atoms with Crippen LogP contribution in [0, 0.1) is 5.92 Å². The Kier molecular flexibility index (Phi) is 6.82. The van der Waals surface area contributed by atoms with Crippen LogP contribution >= 0.6 is 15.9 Å². The molecule has 0 unspecified atom stereocenters. The lowest BCUT2D eigenvalue weighted by molar-refractivity contribution is 0.0139. The Morgan fingerprint density at radius 3 is 2.68 bits per heavy atom. The first kappa shape index (κ1) is 23.4. The van der Waals surface area contributed by atoms with Crippen molar-refractivity contribution in [3.63, 3.8) is 0 Å². The second-order valence-corrected chi connectivity index (χ2v) is 9.81. The Hall–Kier alpha value is -2.30. The summed E-state index contributed by atoms with van der Waals surface area (Å²) in [5.74, 6) is -0.0234. The molecular formula is C20H28BrFN6O3. The molecule has 1 aliphatic rings. The first-order valence-corrected chi connectivity index (χ1v) is 11.0. The van der Waals surface area contributed by atoms with Gasteiger partial charge in [-0.2, -0.15) is 4.98 Å². The fourth-order valence-corrected chi connectivity index (χ4v) is 3.98. The molecule has 0 bridgehead atoms. The number of halogens is 2. The maximum absolute atomic E-state index is 13.5. The predicted octanol–water partition coefficient (Wildman–Crippen LogP) is 3.54. The number of likely N-dealkylation sites (tertiary alicyclic amines) is 1. The van der Waals surface area contributed by atoms with Crippen LogP contribution in [-0.4, -0.2) is 61.9 Å². The molecule has 1 fully saturated rings. The monoisotopic (exact) mass is 498 g/mol. The summed E-state index contributed by atoms with van der Waals surface area (Å²) in [5.41, 5.74) is -0.0290. The maximum atomic E-state index is 13.5. The van der Waals surface area contributed by atoms with Gasteiger partial charge in [0.25, 0.3) is 5.56 Å². The molecule has 0 aliphatic carbocycles. The molecule has 1 saturated heterocycles. The number of piperidine rings is 1. The van der Waals surface area contributed by atoms with Crippen LogP contribution in [0.15, 0.2) is 15.6 Å². The van der Waals surface area contributed by atoms with Crippen molar-refractivity contribution >= 4 is 39.1 Å². The van der Waals surface area contributed by atoms with Gasteiger partial charge in [-0.25, -0.2) is 14.8 Å². The zero-order valence-corrected chi connectivity index (χ0v) is 19.9. The van der Waals surface area contributed by atoms with Crippen LogP contribution in [0.5, 0.6) is 0 Å². The number of anilines is 1. The summed E-state index contributed by atoms with van der Waals surface area (Å²) < 4.78 is 20.7. The van der Waals surface area contributed by atoms with E-state index in [1.165, 1.54) is 15.7 Å². The number of alkyl halides is 1. The highest BCUT2D eigenvalue weighted by molar-refractivity contribution is 9.10. The number of nitrogens with zero attached hydrogens (tertiary/aromatic N) is 5. The molecule has 2 aromatic rings. The molecular weight excluding hydrogens is 471 g/mol. The topological polar surface area (TPSA) is 102 Å². The number of carbonyl (C=O) groups is 1. The number of hydrogen-bond donors (Lipinski definition) is 1. The number of rotatable bonds is 4. The van der Waals surface area contributed by atoms with E-state index in [9.17, 15) is 14.0 Å². The van der Waals surface area contributed by atoms with Crippen LogP contribution in [0.3, 0.4) is 0 Å². The molecule has 0 spiro atoms. The Bertz CT molecular complexity index is 1020. The summed E-state index contributed by atoms with van der Waals surface area (Å²) in [7, 11) is 0. The molecule has 0 aromatic carbocycles. The highest BCUT2D eigenvalue weighted by Gasteiger charge is 2.33. The van der Waals surface area contributed by atoms with Crippen LogP contribution in [0.4, 0.5) is 15.1 Å². The van der Waals surface area contributed by atoms with E-state index in [4.69, 9.17) is 4.74 Å². The molecule has 9 nitrogen and oxygen atoms in total. The zero-order valence-electron chi connectivity index (χ0n) is 18.4. The first-order valence-electron chi connectivity index (χ1n) is 10.2. The molecule has 0 radical (unpaired) electrons. The van der Waals surface area contributed by atoms with Gasteiger partial charge in [-0.1, -0.05) is 0 Å². The van der Waals surface area contributed by atoms with Gasteiger partial charge in [0.2, 0.25) is 5.95 Å². The molecule has 170 valence electrons. The summed E-state index contributed by atoms with van der Waals surface area (Å²) in [5, 5.41) is 3.19. The minimum Gasteiger partial charge on any atom is -0.444 e. The largest absolute Gasteiger partial charge is 0.444 e. The van der Waals surface area contributed by atoms with Gasteiger partial charge in [-0.05, 0) is 57.0 Å². The second kappa shape index (κ2) is 9.05. The van der Waals surface area contributed by atoms with Gasteiger partial charge in [-0.3, -0.25) is 13.8 Å². The first-order chi connectivity index (χ1) is 14.5. The lowest BCUT2D eigenvalue weighted by Crippen LogP contribution is -2.50. The van der Waals surface area contributed by atoms with Crippen molar-refractivity contribution in [3.8, 4) is 0 Å². The molecule has 1 N–H and O–H groups in total. The summed E-state index contributed by atoms with van der Waals surface area (Å²) >= 11 is 3.19. The smallest absolute Gasteiger partial charge is 0.410 e. The predicted molar refractivity (Wildman–Crippen MR) is 119 cm³/mol. The maximum Gasteiger partial charge on any atom is 0.410 e. The van der Waals surface area contributed by atoms with Gasteiger partial charge in [-0.15, -0.1) is 0 Å². The highest BCUT2D eigenvalue weighted by atomic mass is 79.9. The van der Waals surface area contributed by atoms with Gasteiger partial charge in [0, 0.05) is 31.1 Å². The van der Waals surface area contributed by atoms with Crippen molar-refractivity contribution in [1.82, 2.24) is 24.4 Å². The van der Waals surface area contributed by atoms with Gasteiger partial charge in [0.15, 0.2) is 10.3 Å². The van der Waals surface area contributed by atoms with E-state index in [1.54, 1.807) is 20.8 Å². The molecule has 1 aliphatic heterocycles. The van der Waals surface area contributed by atoms with Crippen molar-refractivity contribution in [2.75, 3.05) is 25.1 Å². The molecule has 3 rings (SSSR count). The molecule has 2 atom stereocenters. The quantitative estimate of drug-likeness (QED) is 0.687. The third-order valence-corrected chi connectivity index (χ3v) is 5.37. The third kappa shape index (κ3) is 5.50. The van der Waals surface area contributed by atoms with Gasteiger partial charge >= 0.3 is 6.09 Å². The van der Waals surface area contributed by atoms with E-state index in [0.717, 1.165) is 0 Å². The Morgan fingerprint density at radius 1 is 1.35 bits per heavy atom. The normalized spacial score (nSPS) is 19.7. The average molecular weight is 499 g/mol. The Balaban J connectivity index is 1.86. The SMILES string of the molecule is CC(C)n1c(=O)c(Br)nc2cnc(N[C@H]3C[C@@H](CF)CN(C(=O)OC(C)(C)C)C3)nc21. The van der Waals surface area contributed by atoms with Gasteiger partial charge in [0.1, 0.15) is 11.1 Å². The van der Waals surface area contributed by atoms with Crippen LogP contribution in [0.1, 0.15) is 47.1 Å². The van der Waals surface area contributed by atoms with Crippen LogP contribution in [0.25, 0.3) is 11.2 Å². The second-order valence-electron chi connectivity index (χ2n) is 9.06. The number of fused-ring (bicyclic) bond motifs is 1. The van der Waals surface area contributed by atoms with Gasteiger partial charge < -0.3 is 15.0 Å². The van der Waals surface area contributed by atoms with Crippen molar-refractivity contribution < 1.29 is 13.9 Å². The van der Waals surface area contributed by atoms with Crippen LogP contribution < -0.4 is 10.9 Å². The Labute approximate surface area is 188 Å². The Morgan fingerprint density at radius 2 is 2.06 bits per heavy atom. The fraction of sp³-hybridized carbons (Fsp3) is 0.650. The highest BCUT2D eigenvalue weighted by Crippen LogP contribution is 2.23. The summed E-state index contributed by atoms with van der Waals surface area (Å²) in [6.45, 7) is 9.24. The third-order valence-electron chi connectivity index (χ3n) is 4.85. The van der Waals surface area contributed by atoms with Crippen molar-refractivity contribution in [1.29, 1.82) is 0 Å². The minimum atomic E-state index is -0.633. The van der Waals surface area contributed by atoms with Gasteiger partial charge in [0.05, 0.1) is 12.9 Å². The molecule has 2 aromatic heterocycles. The summed E-state index contributed by atoms with van der Waals surface area (Å²) in [6.07, 6.45) is 1.58. The minimum absolute atomic E-state index is 0.134. The van der Waals surface area contributed by atoms with E-state index in [2.05, 4.69) is 36.2 Å². The zero-order chi connectivity index (χ0) is 22.9. The lowest BCUT2D eigenvalue weighted by Gasteiger charge is -2.37. The molecule has 1 amide bonds. The molecule has 0 saturated carbocycles. The standard InChI is InChI=1S/C20H28BrFN6O3/c1-11(2)28-16-14(25-15(21)17(28)29)8-23-18(26-16)24-13-6-12(7-22)9-27(10-13)19(30)31-20(3,4)5/h8,11-13H,6-7,9-10H2,1-5H3,(H,23,24,26)/t12-,13-/m0/s1. The number of aromatic nitrogens is 4. The molecule has 11 heteroatoms. The van der Waals surface area contributed by atoms with Crippen molar-refractivity contribution in [2.24, 2.45) is 5.92 Å². The van der Waals surface area contributed by atoms with Crippen molar-refractivity contribution in [2.45, 2.75) is 58.7 Å². The fourth-order valence-electron chi connectivity index (χ4n) is 3.60. The number of nitrogens with one attached hydrogen (secondary N) is 1. The number of ether oxygens (including phenoxy) is 1. The molecule has 31 heavy (non-hydrogen) atoms. The van der Waals surface area contributed by atoms with E-state index < -0.39 is 18.4 Å². The number of amides is 1. The molecule has 3 heterocycles. The summed E-state index contributed by atoms with van der Waals surface area (Å²) in [6, 6.07) is -0.396. The van der Waals surface area contributed by atoms with Crippen molar-refractivity contribution in [3.05, 3.63) is 21.2 Å².